The molecule has 0 aliphatic carbocycles. The van der Waals surface area contributed by atoms with Gasteiger partial charge in [-0.05, 0) is 50.9 Å². The number of methoxy groups -OCH3 is 1. The summed E-state index contributed by atoms with van der Waals surface area (Å²) in [6.45, 7) is 3.81. The number of hydrogen-bond acceptors (Lipinski definition) is 3. The third kappa shape index (κ3) is 3.20. The summed E-state index contributed by atoms with van der Waals surface area (Å²) >= 11 is 0. The lowest BCUT2D eigenvalue weighted by atomic mass is 10.1. The third-order valence-electron chi connectivity index (χ3n) is 3.15. The van der Waals surface area contributed by atoms with Gasteiger partial charge in [0.15, 0.2) is 0 Å². The molecule has 0 radical (unpaired) electrons. The molecule has 16 heavy (non-hydrogen) atoms. The van der Waals surface area contributed by atoms with Crippen LogP contribution >= 0.6 is 0 Å². The quantitative estimate of drug-likeness (QED) is 0.760. The summed E-state index contributed by atoms with van der Waals surface area (Å²) in [5.74, 6) is 0.697. The fraction of sp³-hybridized carbons (Fsp3) is 0.615. The SMILES string of the molecule is COc1ccc(CCCN2CCCC2)cn1. The molecular formula is C13H20N2O. The van der Waals surface area contributed by atoms with Crippen molar-refractivity contribution in [1.29, 1.82) is 0 Å². The van der Waals surface area contributed by atoms with Crippen LogP contribution < -0.4 is 4.74 Å². The van der Waals surface area contributed by atoms with Gasteiger partial charge in [-0.25, -0.2) is 4.98 Å². The largest absolute Gasteiger partial charge is 0.481 e. The summed E-state index contributed by atoms with van der Waals surface area (Å²) in [5.41, 5.74) is 1.31. The van der Waals surface area contributed by atoms with Gasteiger partial charge in [-0.1, -0.05) is 6.07 Å². The molecule has 0 unspecified atom stereocenters. The molecule has 0 N–H and O–H groups in total. The first-order valence-corrected chi connectivity index (χ1v) is 6.10. The molecule has 0 bridgehead atoms. The fourth-order valence-electron chi connectivity index (χ4n) is 2.19. The van der Waals surface area contributed by atoms with Crippen LogP contribution in [0.2, 0.25) is 0 Å². The van der Waals surface area contributed by atoms with Crippen molar-refractivity contribution in [1.82, 2.24) is 9.88 Å². The minimum absolute atomic E-state index is 0.697. The van der Waals surface area contributed by atoms with Crippen molar-refractivity contribution in [2.45, 2.75) is 25.7 Å². The molecule has 2 heterocycles. The second kappa shape index (κ2) is 5.85. The standard InChI is InChI=1S/C13H20N2O/c1-16-13-7-6-12(11-14-13)5-4-10-15-8-2-3-9-15/h6-7,11H,2-5,8-10H2,1H3. The molecule has 1 aliphatic heterocycles. The van der Waals surface area contributed by atoms with E-state index in [2.05, 4.69) is 16.0 Å². The Morgan fingerprint density at radius 2 is 2.12 bits per heavy atom. The van der Waals surface area contributed by atoms with E-state index in [1.165, 1.54) is 44.5 Å². The van der Waals surface area contributed by atoms with Crippen molar-refractivity contribution < 1.29 is 4.74 Å². The Hall–Kier alpha value is -1.09. The number of hydrogen-bond donors (Lipinski definition) is 0. The van der Waals surface area contributed by atoms with Gasteiger partial charge in [0.1, 0.15) is 0 Å². The average Bonchev–Trinajstić information content (AvgIpc) is 2.83. The van der Waals surface area contributed by atoms with Crippen molar-refractivity contribution >= 4 is 0 Å². The highest BCUT2D eigenvalue weighted by Gasteiger charge is 2.10. The Morgan fingerprint density at radius 1 is 1.31 bits per heavy atom. The van der Waals surface area contributed by atoms with Gasteiger partial charge in [0.2, 0.25) is 5.88 Å². The second-order valence-corrected chi connectivity index (χ2v) is 4.36. The lowest BCUT2D eigenvalue weighted by molar-refractivity contribution is 0.334. The summed E-state index contributed by atoms with van der Waals surface area (Å²) in [6, 6.07) is 4.04. The van der Waals surface area contributed by atoms with E-state index < -0.39 is 0 Å². The van der Waals surface area contributed by atoms with Crippen molar-refractivity contribution in [2.75, 3.05) is 26.7 Å². The smallest absolute Gasteiger partial charge is 0.212 e. The van der Waals surface area contributed by atoms with E-state index in [9.17, 15) is 0 Å². The zero-order chi connectivity index (χ0) is 11.2. The van der Waals surface area contributed by atoms with Crippen LogP contribution in [0, 0.1) is 0 Å². The zero-order valence-corrected chi connectivity index (χ0v) is 9.98. The molecule has 1 aromatic heterocycles. The fourth-order valence-corrected chi connectivity index (χ4v) is 2.19. The molecule has 0 atom stereocenters. The molecule has 0 saturated carbocycles. The number of aromatic nitrogens is 1. The summed E-state index contributed by atoms with van der Waals surface area (Å²) in [6.07, 6.45) is 7.03. The van der Waals surface area contributed by atoms with Crippen LogP contribution in [0.5, 0.6) is 5.88 Å². The molecule has 3 nitrogen and oxygen atoms in total. The minimum atomic E-state index is 0.697. The maximum absolute atomic E-state index is 5.04. The summed E-state index contributed by atoms with van der Waals surface area (Å²) < 4.78 is 5.04. The van der Waals surface area contributed by atoms with Gasteiger partial charge in [-0.15, -0.1) is 0 Å². The van der Waals surface area contributed by atoms with Gasteiger partial charge in [-0.3, -0.25) is 0 Å². The molecule has 2 rings (SSSR count). The maximum Gasteiger partial charge on any atom is 0.212 e. The normalized spacial score (nSPS) is 16.6. The number of pyridine rings is 1. The van der Waals surface area contributed by atoms with Crippen molar-refractivity contribution in [3.63, 3.8) is 0 Å². The summed E-state index contributed by atoms with van der Waals surface area (Å²) in [5, 5.41) is 0. The number of nitrogens with zero attached hydrogens (tertiary/aromatic N) is 2. The van der Waals surface area contributed by atoms with Crippen molar-refractivity contribution in [3.8, 4) is 5.88 Å². The van der Waals surface area contributed by atoms with Gasteiger partial charge < -0.3 is 9.64 Å². The Bertz CT molecular complexity index is 304. The topological polar surface area (TPSA) is 25.4 Å². The third-order valence-corrected chi connectivity index (χ3v) is 3.15. The lowest BCUT2D eigenvalue weighted by Gasteiger charge is -2.13. The molecule has 1 aliphatic rings. The van der Waals surface area contributed by atoms with E-state index >= 15 is 0 Å². The highest BCUT2D eigenvalue weighted by molar-refractivity contribution is 5.17. The van der Waals surface area contributed by atoms with Gasteiger partial charge in [0.05, 0.1) is 7.11 Å². The van der Waals surface area contributed by atoms with E-state index in [4.69, 9.17) is 4.74 Å². The summed E-state index contributed by atoms with van der Waals surface area (Å²) in [7, 11) is 1.65. The molecule has 1 fully saturated rings. The first-order valence-electron chi connectivity index (χ1n) is 6.10. The Labute approximate surface area is 97.4 Å². The Morgan fingerprint density at radius 3 is 2.75 bits per heavy atom. The van der Waals surface area contributed by atoms with Crippen LogP contribution in [0.15, 0.2) is 18.3 Å². The number of rotatable bonds is 5. The van der Waals surface area contributed by atoms with E-state index in [1.54, 1.807) is 7.11 Å². The number of ether oxygens (including phenoxy) is 1. The minimum Gasteiger partial charge on any atom is -0.481 e. The molecule has 0 amide bonds. The monoisotopic (exact) mass is 220 g/mol. The first kappa shape index (κ1) is 11.4. The Kier molecular flexibility index (Phi) is 4.17. The first-order chi connectivity index (χ1) is 7.88. The molecule has 0 spiro atoms. The predicted molar refractivity (Wildman–Crippen MR) is 64.8 cm³/mol. The highest BCUT2D eigenvalue weighted by Crippen LogP contribution is 2.11. The summed E-state index contributed by atoms with van der Waals surface area (Å²) in [4.78, 5) is 6.76. The zero-order valence-electron chi connectivity index (χ0n) is 9.98. The van der Waals surface area contributed by atoms with Crippen molar-refractivity contribution in [2.24, 2.45) is 0 Å². The van der Waals surface area contributed by atoms with Gasteiger partial charge in [0, 0.05) is 12.3 Å². The van der Waals surface area contributed by atoms with Crippen LogP contribution in [0.3, 0.4) is 0 Å². The number of likely N-dealkylation sites (tertiary alicyclic amines) is 1. The van der Waals surface area contributed by atoms with Crippen LogP contribution in [0.1, 0.15) is 24.8 Å². The van der Waals surface area contributed by atoms with E-state index in [1.807, 2.05) is 12.3 Å². The van der Waals surface area contributed by atoms with E-state index in [-0.39, 0.29) is 0 Å². The molecule has 0 aromatic carbocycles. The van der Waals surface area contributed by atoms with Gasteiger partial charge in [0.25, 0.3) is 0 Å². The highest BCUT2D eigenvalue weighted by atomic mass is 16.5. The molecule has 3 heteroatoms. The Balaban J connectivity index is 1.71. The van der Waals surface area contributed by atoms with Crippen LogP contribution in [-0.4, -0.2) is 36.6 Å². The molecule has 88 valence electrons. The predicted octanol–water partition coefficient (Wildman–Crippen LogP) is 2.12. The van der Waals surface area contributed by atoms with Gasteiger partial charge in [-0.2, -0.15) is 0 Å². The average molecular weight is 220 g/mol. The lowest BCUT2D eigenvalue weighted by Crippen LogP contribution is -2.20. The molecular weight excluding hydrogens is 200 g/mol. The van der Waals surface area contributed by atoms with E-state index in [0.29, 0.717) is 5.88 Å². The molecule has 1 saturated heterocycles. The van der Waals surface area contributed by atoms with E-state index in [0.717, 1.165) is 6.42 Å². The van der Waals surface area contributed by atoms with Crippen LogP contribution in [-0.2, 0) is 6.42 Å². The van der Waals surface area contributed by atoms with Crippen molar-refractivity contribution in [3.05, 3.63) is 23.9 Å². The molecule has 1 aromatic rings. The second-order valence-electron chi connectivity index (χ2n) is 4.36. The number of aryl methyl sites for hydroxylation is 1. The van der Waals surface area contributed by atoms with Crippen LogP contribution in [0.25, 0.3) is 0 Å². The van der Waals surface area contributed by atoms with Gasteiger partial charge >= 0.3 is 0 Å². The van der Waals surface area contributed by atoms with Crippen LogP contribution in [0.4, 0.5) is 0 Å². The maximum atomic E-state index is 5.04.